The van der Waals surface area contributed by atoms with Crippen molar-refractivity contribution in [1.29, 1.82) is 0 Å². The van der Waals surface area contributed by atoms with Gasteiger partial charge in [-0.2, -0.15) is 23.3 Å². The van der Waals surface area contributed by atoms with Crippen LogP contribution in [0.3, 0.4) is 0 Å². The zero-order valence-electron chi connectivity index (χ0n) is 7.19. The molecule has 4 heteroatoms. The fraction of sp³-hybridized carbons (Fsp3) is 0.444. The molecule has 0 saturated carbocycles. The number of aryl methyl sites for hydroxylation is 2. The van der Waals surface area contributed by atoms with E-state index in [1.165, 1.54) is 25.7 Å². The summed E-state index contributed by atoms with van der Waals surface area (Å²) < 4.78 is 29.6. The van der Waals surface area contributed by atoms with Crippen LogP contribution in [0.1, 0.15) is 24.0 Å². The third kappa shape index (κ3) is 4.17. The van der Waals surface area contributed by atoms with Crippen molar-refractivity contribution in [1.82, 2.24) is 0 Å². The van der Waals surface area contributed by atoms with E-state index < -0.39 is 23.6 Å². The molecule has 0 fully saturated rings. The van der Waals surface area contributed by atoms with Gasteiger partial charge < -0.3 is 0 Å². The molecule has 0 amide bonds. The molecule has 0 aliphatic heterocycles. The third-order valence-electron chi connectivity index (χ3n) is 2.15. The van der Waals surface area contributed by atoms with Crippen molar-refractivity contribution in [2.75, 3.05) is 0 Å². The predicted molar refractivity (Wildman–Crippen MR) is 42.0 cm³/mol. The quantitative estimate of drug-likeness (QED) is 0.631. The number of hydrogen-bond acceptors (Lipinski definition) is 0. The van der Waals surface area contributed by atoms with Crippen molar-refractivity contribution in [3.05, 3.63) is 29.3 Å². The predicted octanol–water partition coefficient (Wildman–Crippen LogP) is 3.54. The average molecular weight is 267 g/mol. The zero-order chi connectivity index (χ0) is 9.68. The Morgan fingerprint density at radius 3 is 2.38 bits per heavy atom. The van der Waals surface area contributed by atoms with E-state index in [9.17, 15) is 7.88 Å². The third-order valence-corrected chi connectivity index (χ3v) is 2.15. The molecule has 0 heterocycles. The summed E-state index contributed by atoms with van der Waals surface area (Å²) in [5, 5.41) is 0. The molecule has 0 atom stereocenters. The molecule has 0 saturated heterocycles. The first-order valence-electron chi connectivity index (χ1n) is 4.27. The van der Waals surface area contributed by atoms with Gasteiger partial charge in [0.15, 0.2) is 0 Å². The Labute approximate surface area is 86.4 Å². The van der Waals surface area contributed by atoms with Crippen LogP contribution in [-0.4, -0.2) is 0 Å². The Morgan fingerprint density at radius 2 is 1.77 bits per heavy atom. The van der Waals surface area contributed by atoms with E-state index in [1.54, 1.807) is 11.1 Å². The van der Waals surface area contributed by atoms with Crippen LogP contribution in [0.25, 0.3) is 0 Å². The number of fused-ring (bicyclic) bond motifs is 1. The summed E-state index contributed by atoms with van der Waals surface area (Å²) >= 11 is -5.04. The second-order valence-corrected chi connectivity index (χ2v) is 4.05. The molecular weight excluding hydrogens is 256 g/mol. The van der Waals surface area contributed by atoms with Crippen LogP contribution < -0.4 is 0 Å². The second kappa shape index (κ2) is 5.69. The van der Waals surface area contributed by atoms with Gasteiger partial charge in [0, 0.05) is 0 Å². The molecule has 0 bridgehead atoms. The Kier molecular flexibility index (Phi) is 4.86. The van der Waals surface area contributed by atoms with Gasteiger partial charge >= 0.3 is 31.5 Å². The van der Waals surface area contributed by atoms with Crippen LogP contribution in [0.5, 0.6) is 0 Å². The normalized spacial score (nSPS) is 14.1. The zero-order valence-corrected chi connectivity index (χ0v) is 9.65. The standard InChI is InChI=1S/C9H11.3FH.Zr/c1-2-5-9-7-3-6-8(9)4-1;;;;/h3,6-7H,1-2,4-5H2;3*1H;/q-1;;;;+3/p-3. The van der Waals surface area contributed by atoms with Crippen LogP contribution in [0.15, 0.2) is 18.2 Å². The van der Waals surface area contributed by atoms with E-state index in [2.05, 4.69) is 18.2 Å². The molecular formula is C9H11F3Zr-. The summed E-state index contributed by atoms with van der Waals surface area (Å²) in [6.07, 6.45) is 5.44. The topological polar surface area (TPSA) is 0 Å². The second-order valence-electron chi connectivity index (χ2n) is 3.00. The van der Waals surface area contributed by atoms with Crippen molar-refractivity contribution >= 4 is 0 Å². The van der Waals surface area contributed by atoms with E-state index in [1.807, 2.05) is 0 Å². The molecule has 0 spiro atoms. The van der Waals surface area contributed by atoms with Crippen LogP contribution in [0.2, 0.25) is 0 Å². The van der Waals surface area contributed by atoms with Gasteiger partial charge in [0.1, 0.15) is 0 Å². The summed E-state index contributed by atoms with van der Waals surface area (Å²) in [7, 11) is 0. The molecule has 0 aromatic heterocycles. The number of hydrogen-bond donors (Lipinski definition) is 0. The molecule has 1 aromatic carbocycles. The van der Waals surface area contributed by atoms with E-state index in [4.69, 9.17) is 0 Å². The minimum absolute atomic E-state index is 1.32. The molecule has 13 heavy (non-hydrogen) atoms. The van der Waals surface area contributed by atoms with Crippen LogP contribution >= 0.6 is 0 Å². The van der Waals surface area contributed by atoms with E-state index in [0.717, 1.165) is 0 Å². The first-order chi connectivity index (χ1) is 6.20. The molecule has 2 rings (SSSR count). The maximum atomic E-state index is 9.86. The maximum absolute atomic E-state index is 9.86. The Bertz CT molecular complexity index is 222. The summed E-state index contributed by atoms with van der Waals surface area (Å²) in [4.78, 5) is 0. The summed E-state index contributed by atoms with van der Waals surface area (Å²) in [5.74, 6) is 0. The molecule has 1 aromatic rings. The van der Waals surface area contributed by atoms with E-state index >= 15 is 0 Å². The van der Waals surface area contributed by atoms with Crippen molar-refractivity contribution in [3.8, 4) is 0 Å². The van der Waals surface area contributed by atoms with Gasteiger partial charge in [0.2, 0.25) is 0 Å². The van der Waals surface area contributed by atoms with Crippen molar-refractivity contribution in [2.24, 2.45) is 0 Å². The monoisotopic (exact) mass is 266 g/mol. The smallest absolute Gasteiger partial charge is 0.0512 e. The molecule has 0 nitrogen and oxygen atoms in total. The van der Waals surface area contributed by atoms with Crippen molar-refractivity contribution in [2.45, 2.75) is 25.7 Å². The van der Waals surface area contributed by atoms with Gasteiger partial charge in [-0.1, -0.05) is 25.7 Å². The van der Waals surface area contributed by atoms with Crippen molar-refractivity contribution < 1.29 is 31.5 Å². The van der Waals surface area contributed by atoms with Gasteiger partial charge in [0.05, 0.1) is 0 Å². The molecule has 73 valence electrons. The van der Waals surface area contributed by atoms with Crippen molar-refractivity contribution in [3.63, 3.8) is 0 Å². The first kappa shape index (κ1) is 11.1. The fourth-order valence-electron chi connectivity index (χ4n) is 1.61. The van der Waals surface area contributed by atoms with Gasteiger partial charge in [0.25, 0.3) is 0 Å². The number of rotatable bonds is 0. The SMILES string of the molecule is [F][Zr]([F])[F].c1cc2c([cH-]1)CCCC2. The molecule has 1 aliphatic rings. The summed E-state index contributed by atoms with van der Waals surface area (Å²) in [6, 6.07) is 6.69. The largest absolute Gasteiger partial charge is 0.210 e. The van der Waals surface area contributed by atoms with Crippen LogP contribution in [0, 0.1) is 0 Å². The maximum Gasteiger partial charge on any atom is -0.0512 e. The first-order valence-corrected chi connectivity index (χ1v) is 7.06. The summed E-state index contributed by atoms with van der Waals surface area (Å²) in [6.45, 7) is 0. The summed E-state index contributed by atoms with van der Waals surface area (Å²) in [5.41, 5.74) is 3.20. The van der Waals surface area contributed by atoms with Crippen LogP contribution in [0.4, 0.5) is 7.88 Å². The minimum atomic E-state index is -5.04. The Morgan fingerprint density at radius 1 is 1.15 bits per heavy atom. The molecule has 1 aliphatic carbocycles. The van der Waals surface area contributed by atoms with Gasteiger partial charge in [-0.3, -0.25) is 0 Å². The van der Waals surface area contributed by atoms with Crippen LogP contribution in [-0.2, 0) is 36.4 Å². The van der Waals surface area contributed by atoms with Gasteiger partial charge in [-0.05, 0) is 0 Å². The Hall–Kier alpha value is 0.0231. The Balaban J connectivity index is 0.000000184. The molecule has 0 unspecified atom stereocenters. The van der Waals surface area contributed by atoms with E-state index in [-0.39, 0.29) is 0 Å². The number of halogens is 3. The molecule has 0 N–H and O–H groups in total. The molecule has 0 radical (unpaired) electrons. The fourth-order valence-corrected chi connectivity index (χ4v) is 1.61. The average Bonchev–Trinajstić information content (AvgIpc) is 2.49. The van der Waals surface area contributed by atoms with E-state index in [0.29, 0.717) is 0 Å². The van der Waals surface area contributed by atoms with Gasteiger partial charge in [-0.15, -0.1) is 0 Å². The van der Waals surface area contributed by atoms with Gasteiger partial charge in [-0.25, -0.2) is 6.07 Å². The minimum Gasteiger partial charge on any atom is -0.210 e.